The minimum Gasteiger partial charge on any atom is -0.385 e. The third-order valence-corrected chi connectivity index (χ3v) is 4.47. The Bertz CT molecular complexity index is 584. The quantitative estimate of drug-likeness (QED) is 0.937. The van der Waals surface area contributed by atoms with Crippen LogP contribution in [0.1, 0.15) is 32.6 Å². The summed E-state index contributed by atoms with van der Waals surface area (Å²) in [6.07, 6.45) is 5.44. The number of aromatic nitrogens is 4. The lowest BCUT2D eigenvalue weighted by atomic mass is 9.83. The molecule has 21 heavy (non-hydrogen) atoms. The minimum absolute atomic E-state index is 0.796. The number of nitrogens with one attached hydrogen (secondary N) is 1. The highest BCUT2D eigenvalue weighted by atomic mass is 15.5. The van der Waals surface area contributed by atoms with E-state index < -0.39 is 0 Å². The zero-order chi connectivity index (χ0) is 14.7. The number of anilines is 1. The maximum absolute atomic E-state index is 4.06. The van der Waals surface area contributed by atoms with Crippen molar-refractivity contribution in [3.63, 3.8) is 0 Å². The molecule has 1 aliphatic carbocycles. The molecule has 1 aromatic heterocycles. The molecule has 5 heteroatoms. The van der Waals surface area contributed by atoms with Crippen LogP contribution in [0.2, 0.25) is 0 Å². The van der Waals surface area contributed by atoms with E-state index in [9.17, 15) is 0 Å². The van der Waals surface area contributed by atoms with Gasteiger partial charge in [0, 0.05) is 24.8 Å². The molecule has 2 aromatic rings. The van der Waals surface area contributed by atoms with Gasteiger partial charge < -0.3 is 5.32 Å². The minimum atomic E-state index is 0.796. The Hall–Kier alpha value is -1.91. The van der Waals surface area contributed by atoms with E-state index in [1.807, 2.05) is 13.1 Å². The first-order valence-electron chi connectivity index (χ1n) is 7.79. The fraction of sp³-hybridized carbons (Fsp3) is 0.562. The van der Waals surface area contributed by atoms with Crippen molar-refractivity contribution >= 4 is 5.69 Å². The molecule has 0 atom stereocenters. The molecular formula is C16H23N5. The van der Waals surface area contributed by atoms with Crippen LogP contribution in [-0.4, -0.2) is 26.8 Å². The lowest BCUT2D eigenvalue weighted by molar-refractivity contribution is 0.300. The molecule has 1 saturated carbocycles. The van der Waals surface area contributed by atoms with Crippen LogP contribution in [0.5, 0.6) is 0 Å². The molecular weight excluding hydrogens is 262 g/mol. The molecule has 0 amide bonds. The van der Waals surface area contributed by atoms with Gasteiger partial charge in [0.1, 0.15) is 0 Å². The van der Waals surface area contributed by atoms with Crippen LogP contribution in [0.15, 0.2) is 24.3 Å². The summed E-state index contributed by atoms with van der Waals surface area (Å²) in [5.41, 5.74) is 2.19. The van der Waals surface area contributed by atoms with Crippen LogP contribution in [0, 0.1) is 11.8 Å². The lowest BCUT2D eigenvalue weighted by Crippen LogP contribution is -2.20. The molecule has 1 heterocycles. The summed E-state index contributed by atoms with van der Waals surface area (Å²) in [6, 6.07) is 8.32. The molecule has 0 bridgehead atoms. The third kappa shape index (κ3) is 3.40. The predicted octanol–water partition coefficient (Wildman–Crippen LogP) is 3.12. The van der Waals surface area contributed by atoms with Crippen LogP contribution < -0.4 is 5.32 Å². The van der Waals surface area contributed by atoms with Crippen molar-refractivity contribution in [2.75, 3.05) is 11.9 Å². The maximum Gasteiger partial charge on any atom is 0.181 e. The summed E-state index contributed by atoms with van der Waals surface area (Å²) in [5, 5.41) is 15.2. The van der Waals surface area contributed by atoms with E-state index in [-0.39, 0.29) is 0 Å². The van der Waals surface area contributed by atoms with E-state index in [0.29, 0.717) is 0 Å². The van der Waals surface area contributed by atoms with Gasteiger partial charge in [0.05, 0.1) is 0 Å². The van der Waals surface area contributed by atoms with E-state index >= 15 is 0 Å². The highest BCUT2D eigenvalue weighted by molar-refractivity contribution is 5.62. The second-order valence-corrected chi connectivity index (χ2v) is 6.21. The molecule has 1 N–H and O–H groups in total. The molecule has 0 radical (unpaired) electrons. The predicted molar refractivity (Wildman–Crippen MR) is 83.8 cm³/mol. The first-order chi connectivity index (χ1) is 10.2. The lowest BCUT2D eigenvalue weighted by Gasteiger charge is -2.26. The summed E-state index contributed by atoms with van der Waals surface area (Å²) in [4.78, 5) is 0. The average Bonchev–Trinajstić information content (AvgIpc) is 2.93. The Labute approximate surface area is 125 Å². The molecule has 1 fully saturated rings. The zero-order valence-corrected chi connectivity index (χ0v) is 12.8. The molecule has 0 saturated heterocycles. The van der Waals surface area contributed by atoms with E-state index in [4.69, 9.17) is 0 Å². The Kier molecular flexibility index (Phi) is 4.18. The third-order valence-electron chi connectivity index (χ3n) is 4.47. The van der Waals surface area contributed by atoms with Gasteiger partial charge in [-0.1, -0.05) is 31.9 Å². The Balaban J connectivity index is 1.63. The number of hydrogen-bond acceptors (Lipinski definition) is 4. The van der Waals surface area contributed by atoms with Crippen LogP contribution in [0.3, 0.4) is 0 Å². The summed E-state index contributed by atoms with van der Waals surface area (Å²) in [6.45, 7) is 3.43. The van der Waals surface area contributed by atoms with Crippen molar-refractivity contribution in [1.82, 2.24) is 20.2 Å². The Morgan fingerprint density at radius 3 is 2.76 bits per heavy atom. The SMILES string of the molecule is CC1CCC(CNc2cccc(-c3nnnn3C)c2)CC1. The number of nitrogens with zero attached hydrogens (tertiary/aromatic N) is 4. The highest BCUT2D eigenvalue weighted by Gasteiger charge is 2.17. The number of hydrogen-bond donors (Lipinski definition) is 1. The molecule has 0 unspecified atom stereocenters. The van der Waals surface area contributed by atoms with E-state index in [2.05, 4.69) is 46.0 Å². The van der Waals surface area contributed by atoms with E-state index in [1.165, 1.54) is 25.7 Å². The summed E-state index contributed by atoms with van der Waals surface area (Å²) in [5.74, 6) is 2.51. The second-order valence-electron chi connectivity index (χ2n) is 6.21. The standard InChI is InChI=1S/C16H23N5/c1-12-6-8-13(9-7-12)11-17-15-5-3-4-14(10-15)16-18-19-20-21(16)2/h3-5,10,12-13,17H,6-9,11H2,1-2H3. The van der Waals surface area contributed by atoms with Crippen LogP contribution in [-0.2, 0) is 7.05 Å². The monoisotopic (exact) mass is 285 g/mol. The highest BCUT2D eigenvalue weighted by Crippen LogP contribution is 2.28. The summed E-state index contributed by atoms with van der Waals surface area (Å²) < 4.78 is 1.70. The van der Waals surface area contributed by atoms with Crippen LogP contribution >= 0.6 is 0 Å². The number of benzene rings is 1. The van der Waals surface area contributed by atoms with Gasteiger partial charge in [0.2, 0.25) is 0 Å². The van der Waals surface area contributed by atoms with Gasteiger partial charge in [-0.05, 0) is 47.2 Å². The van der Waals surface area contributed by atoms with Gasteiger partial charge >= 0.3 is 0 Å². The zero-order valence-electron chi connectivity index (χ0n) is 12.8. The Morgan fingerprint density at radius 2 is 2.05 bits per heavy atom. The molecule has 112 valence electrons. The van der Waals surface area contributed by atoms with Gasteiger partial charge in [-0.2, -0.15) is 0 Å². The fourth-order valence-electron chi connectivity index (χ4n) is 3.04. The second kappa shape index (κ2) is 6.24. The van der Waals surface area contributed by atoms with Crippen molar-refractivity contribution in [2.24, 2.45) is 18.9 Å². The van der Waals surface area contributed by atoms with Crippen molar-refractivity contribution in [1.29, 1.82) is 0 Å². The topological polar surface area (TPSA) is 55.6 Å². The van der Waals surface area contributed by atoms with E-state index in [0.717, 1.165) is 35.5 Å². The van der Waals surface area contributed by atoms with Gasteiger partial charge in [0.25, 0.3) is 0 Å². The van der Waals surface area contributed by atoms with Crippen molar-refractivity contribution in [3.05, 3.63) is 24.3 Å². The molecule has 3 rings (SSSR count). The van der Waals surface area contributed by atoms with Crippen LogP contribution in [0.25, 0.3) is 11.4 Å². The molecule has 1 aromatic carbocycles. The van der Waals surface area contributed by atoms with Crippen molar-refractivity contribution < 1.29 is 0 Å². The first kappa shape index (κ1) is 14.0. The Morgan fingerprint density at radius 1 is 1.24 bits per heavy atom. The summed E-state index contributed by atoms with van der Waals surface area (Å²) >= 11 is 0. The van der Waals surface area contributed by atoms with Crippen molar-refractivity contribution in [3.8, 4) is 11.4 Å². The van der Waals surface area contributed by atoms with Gasteiger partial charge in [-0.3, -0.25) is 0 Å². The number of rotatable bonds is 4. The molecule has 0 aliphatic heterocycles. The van der Waals surface area contributed by atoms with E-state index in [1.54, 1.807) is 4.68 Å². The van der Waals surface area contributed by atoms with Gasteiger partial charge in [-0.25, -0.2) is 4.68 Å². The maximum atomic E-state index is 4.06. The largest absolute Gasteiger partial charge is 0.385 e. The smallest absolute Gasteiger partial charge is 0.181 e. The van der Waals surface area contributed by atoms with Gasteiger partial charge in [-0.15, -0.1) is 5.10 Å². The normalized spacial score (nSPS) is 22.2. The first-order valence-corrected chi connectivity index (χ1v) is 7.79. The number of aryl methyl sites for hydroxylation is 1. The average molecular weight is 285 g/mol. The molecule has 0 spiro atoms. The van der Waals surface area contributed by atoms with Crippen molar-refractivity contribution in [2.45, 2.75) is 32.6 Å². The summed E-state index contributed by atoms with van der Waals surface area (Å²) in [7, 11) is 1.86. The van der Waals surface area contributed by atoms with Gasteiger partial charge in [0.15, 0.2) is 5.82 Å². The van der Waals surface area contributed by atoms with Crippen LogP contribution in [0.4, 0.5) is 5.69 Å². The molecule has 1 aliphatic rings. The molecule has 5 nitrogen and oxygen atoms in total. The fourth-order valence-corrected chi connectivity index (χ4v) is 3.04. The number of tetrazole rings is 1.